The molecule has 0 saturated heterocycles. The fourth-order valence-electron chi connectivity index (χ4n) is 4.08. The molecule has 1 unspecified atom stereocenters. The van der Waals surface area contributed by atoms with Gasteiger partial charge in [-0.05, 0) is 55.8 Å². The lowest BCUT2D eigenvalue weighted by atomic mass is 9.91. The van der Waals surface area contributed by atoms with Gasteiger partial charge in [-0.1, -0.05) is 41.4 Å². The lowest BCUT2D eigenvalue weighted by molar-refractivity contribution is -0.119. The molecule has 3 aromatic carbocycles. The zero-order valence-corrected chi connectivity index (χ0v) is 16.7. The van der Waals surface area contributed by atoms with Crippen LogP contribution in [0.5, 0.6) is 0 Å². The van der Waals surface area contributed by atoms with Gasteiger partial charge in [-0.25, -0.2) is 0 Å². The first kappa shape index (κ1) is 17.8. The molecule has 1 spiro atoms. The van der Waals surface area contributed by atoms with Crippen LogP contribution in [0, 0.1) is 13.8 Å². The number of carbonyl (C=O) groups excluding carboxylic acids is 2. The third-order valence-electron chi connectivity index (χ3n) is 5.57. The smallest absolute Gasteiger partial charge is 0.276 e. The van der Waals surface area contributed by atoms with Gasteiger partial charge in [0.25, 0.3) is 11.8 Å². The van der Waals surface area contributed by atoms with Crippen molar-refractivity contribution in [2.24, 2.45) is 0 Å². The van der Waals surface area contributed by atoms with Gasteiger partial charge in [-0.15, -0.1) is 0 Å². The first-order chi connectivity index (χ1) is 13.9. The highest BCUT2D eigenvalue weighted by molar-refractivity contribution is 6.32. The average molecular weight is 404 g/mol. The Morgan fingerprint density at radius 2 is 1.72 bits per heavy atom. The largest absolute Gasteiger partial charge is 0.350 e. The van der Waals surface area contributed by atoms with Crippen LogP contribution in [0.1, 0.15) is 27.0 Å². The summed E-state index contributed by atoms with van der Waals surface area (Å²) in [6.07, 6.45) is 0. The topological polar surface area (TPSA) is 61.4 Å². The molecule has 0 aliphatic carbocycles. The van der Waals surface area contributed by atoms with Crippen LogP contribution < -0.4 is 15.5 Å². The number of amides is 2. The normalized spacial score (nSPS) is 19.6. The lowest BCUT2D eigenvalue weighted by Gasteiger charge is -2.44. The van der Waals surface area contributed by atoms with Crippen LogP contribution >= 0.6 is 11.6 Å². The summed E-state index contributed by atoms with van der Waals surface area (Å²) in [6.45, 7) is 3.86. The number of rotatable bonds is 1. The van der Waals surface area contributed by atoms with Crippen molar-refractivity contribution in [2.75, 3.05) is 15.5 Å². The minimum Gasteiger partial charge on any atom is -0.350 e. The molecule has 2 N–H and O–H groups in total. The number of halogens is 1. The molecule has 2 amide bonds. The molecule has 1 atom stereocenters. The number of nitrogens with one attached hydrogen (secondary N) is 2. The number of fused-ring (bicyclic) bond motifs is 3. The fraction of sp³-hybridized carbons (Fsp3) is 0.130. The Morgan fingerprint density at radius 1 is 0.931 bits per heavy atom. The van der Waals surface area contributed by atoms with Crippen LogP contribution in [0.25, 0.3) is 0 Å². The molecule has 29 heavy (non-hydrogen) atoms. The molecule has 0 aromatic heterocycles. The van der Waals surface area contributed by atoms with E-state index in [2.05, 4.69) is 10.6 Å². The van der Waals surface area contributed by atoms with Gasteiger partial charge in [0.1, 0.15) is 0 Å². The molecule has 144 valence electrons. The SMILES string of the molecule is Cc1ccc2c(c1)C1(Nc3ccccc3C(=O)N1c1ccc(C)c(Cl)c1)C(=O)N2. The van der Waals surface area contributed by atoms with Gasteiger partial charge in [0.15, 0.2) is 0 Å². The van der Waals surface area contributed by atoms with Crippen LogP contribution in [0.4, 0.5) is 17.1 Å². The number of hydrogen-bond acceptors (Lipinski definition) is 3. The maximum Gasteiger partial charge on any atom is 0.276 e. The van der Waals surface area contributed by atoms with Crippen molar-refractivity contribution >= 4 is 40.5 Å². The molecule has 0 radical (unpaired) electrons. The standard InChI is InChI=1S/C23H18ClN3O2/c1-13-7-10-20-17(11-13)23(22(29)25-20)26-19-6-4-3-5-16(19)21(28)27(23)15-9-8-14(2)18(24)12-15/h3-12,26H,1-2H3,(H,25,29). The predicted octanol–water partition coefficient (Wildman–Crippen LogP) is 4.83. The van der Waals surface area contributed by atoms with Crippen molar-refractivity contribution < 1.29 is 9.59 Å². The molecular formula is C23H18ClN3O2. The van der Waals surface area contributed by atoms with Crippen molar-refractivity contribution in [3.8, 4) is 0 Å². The highest BCUT2D eigenvalue weighted by Crippen LogP contribution is 2.47. The van der Waals surface area contributed by atoms with E-state index in [-0.39, 0.29) is 11.8 Å². The van der Waals surface area contributed by atoms with E-state index in [1.54, 1.807) is 12.1 Å². The summed E-state index contributed by atoms with van der Waals surface area (Å²) in [7, 11) is 0. The Morgan fingerprint density at radius 3 is 2.52 bits per heavy atom. The Hall–Kier alpha value is -3.31. The third-order valence-corrected chi connectivity index (χ3v) is 5.97. The van der Waals surface area contributed by atoms with E-state index >= 15 is 0 Å². The van der Waals surface area contributed by atoms with Crippen LogP contribution in [0.2, 0.25) is 5.02 Å². The molecule has 5 rings (SSSR count). The average Bonchev–Trinajstić information content (AvgIpc) is 2.96. The molecule has 6 heteroatoms. The van der Waals surface area contributed by atoms with Gasteiger partial charge in [0.2, 0.25) is 5.66 Å². The van der Waals surface area contributed by atoms with Crippen LogP contribution in [0.15, 0.2) is 60.7 Å². The molecule has 2 aliphatic heterocycles. The maximum absolute atomic E-state index is 13.7. The summed E-state index contributed by atoms with van der Waals surface area (Å²) in [5.74, 6) is -0.568. The summed E-state index contributed by atoms with van der Waals surface area (Å²) < 4.78 is 0. The molecule has 0 saturated carbocycles. The number of anilines is 3. The van der Waals surface area contributed by atoms with Crippen molar-refractivity contribution in [1.82, 2.24) is 0 Å². The molecule has 5 nitrogen and oxygen atoms in total. The summed E-state index contributed by atoms with van der Waals surface area (Å²) in [6, 6.07) is 18.4. The van der Waals surface area contributed by atoms with Crippen molar-refractivity contribution in [1.29, 1.82) is 0 Å². The number of aryl methyl sites for hydroxylation is 2. The zero-order chi connectivity index (χ0) is 20.3. The van der Waals surface area contributed by atoms with Crippen LogP contribution in [0.3, 0.4) is 0 Å². The quantitative estimate of drug-likeness (QED) is 0.611. The van der Waals surface area contributed by atoms with E-state index < -0.39 is 5.66 Å². The fourth-order valence-corrected chi connectivity index (χ4v) is 4.26. The van der Waals surface area contributed by atoms with Gasteiger partial charge in [-0.3, -0.25) is 14.5 Å². The molecular weight excluding hydrogens is 386 g/mol. The van der Waals surface area contributed by atoms with Gasteiger partial charge in [0.05, 0.1) is 5.56 Å². The number of para-hydroxylation sites is 1. The number of hydrogen-bond donors (Lipinski definition) is 2. The Kier molecular flexibility index (Phi) is 3.73. The molecule has 2 heterocycles. The van der Waals surface area contributed by atoms with E-state index in [1.807, 2.05) is 62.4 Å². The molecule has 0 fully saturated rings. The summed E-state index contributed by atoms with van der Waals surface area (Å²) in [5.41, 5.74) is 3.57. The second kappa shape index (κ2) is 6.09. The predicted molar refractivity (Wildman–Crippen MR) is 115 cm³/mol. The van der Waals surface area contributed by atoms with E-state index in [1.165, 1.54) is 4.90 Å². The van der Waals surface area contributed by atoms with Gasteiger partial charge in [-0.2, -0.15) is 0 Å². The summed E-state index contributed by atoms with van der Waals surface area (Å²) in [4.78, 5) is 28.6. The molecule has 3 aromatic rings. The summed E-state index contributed by atoms with van der Waals surface area (Å²) >= 11 is 6.38. The highest BCUT2D eigenvalue weighted by Gasteiger charge is 2.57. The minimum absolute atomic E-state index is 0.260. The second-order valence-electron chi connectivity index (χ2n) is 7.46. The number of carbonyl (C=O) groups is 2. The Bertz CT molecular complexity index is 1210. The second-order valence-corrected chi connectivity index (χ2v) is 7.87. The Balaban J connectivity index is 1.83. The highest BCUT2D eigenvalue weighted by atomic mass is 35.5. The van der Waals surface area contributed by atoms with Gasteiger partial charge >= 0.3 is 0 Å². The molecule has 0 bridgehead atoms. The first-order valence-electron chi connectivity index (χ1n) is 9.32. The Labute approximate surface area is 173 Å². The monoisotopic (exact) mass is 403 g/mol. The summed E-state index contributed by atoms with van der Waals surface area (Å²) in [5, 5.41) is 6.84. The van der Waals surface area contributed by atoms with E-state index in [0.717, 1.165) is 11.1 Å². The van der Waals surface area contributed by atoms with Crippen molar-refractivity contribution in [2.45, 2.75) is 19.5 Å². The van der Waals surface area contributed by atoms with E-state index in [4.69, 9.17) is 11.6 Å². The van der Waals surface area contributed by atoms with Crippen LogP contribution in [-0.4, -0.2) is 11.8 Å². The van der Waals surface area contributed by atoms with E-state index in [9.17, 15) is 9.59 Å². The van der Waals surface area contributed by atoms with Crippen molar-refractivity contribution in [3.05, 3.63) is 87.9 Å². The van der Waals surface area contributed by atoms with Crippen molar-refractivity contribution in [3.63, 3.8) is 0 Å². The van der Waals surface area contributed by atoms with Gasteiger partial charge < -0.3 is 10.6 Å². The maximum atomic E-state index is 13.7. The zero-order valence-electron chi connectivity index (χ0n) is 15.9. The van der Waals surface area contributed by atoms with Gasteiger partial charge in [0, 0.05) is 27.6 Å². The number of benzene rings is 3. The number of nitrogens with zero attached hydrogens (tertiary/aromatic N) is 1. The van der Waals surface area contributed by atoms with E-state index in [0.29, 0.717) is 33.2 Å². The van der Waals surface area contributed by atoms with Crippen LogP contribution in [-0.2, 0) is 10.5 Å². The molecule has 2 aliphatic rings. The lowest BCUT2D eigenvalue weighted by Crippen LogP contribution is -2.61. The third kappa shape index (κ3) is 2.41. The minimum atomic E-state index is -1.40. The first-order valence-corrected chi connectivity index (χ1v) is 9.70.